The molecule has 0 saturated heterocycles. The van der Waals surface area contributed by atoms with Crippen molar-refractivity contribution in [2.75, 3.05) is 4.90 Å². The third-order valence-corrected chi connectivity index (χ3v) is 9.17. The number of anilines is 1. The smallest absolute Gasteiger partial charge is 0.251 e. The van der Waals surface area contributed by atoms with Crippen LogP contribution in [0.4, 0.5) is 5.69 Å². The Balaban J connectivity index is 1.15. The largest absolute Gasteiger partial charge is 0.348 e. The quantitative estimate of drug-likeness (QED) is 0.131. The van der Waals surface area contributed by atoms with E-state index in [0.717, 1.165) is 54.8 Å². The Morgan fingerprint density at radius 1 is 0.714 bits per heavy atom. The predicted molar refractivity (Wildman–Crippen MR) is 172 cm³/mol. The third kappa shape index (κ3) is 6.30. The standard InChI is InChI=1S/C34H26N4O2S2/c39-23-38(29-13-5-2-6-14-29)22-25-18-28-12-8-16-31(33(28)36-21-25)42-41-30-15-7-11-27-17-24(19-35-32(27)30)20-37-34(40)26-9-3-1-4-10-26/h1-19,21,23H,20,22H2,(H,37,40). The molecule has 6 nitrogen and oxygen atoms in total. The summed E-state index contributed by atoms with van der Waals surface area (Å²) in [6, 6.07) is 35.2. The molecule has 2 heterocycles. The van der Waals surface area contributed by atoms with E-state index in [1.54, 1.807) is 38.6 Å². The summed E-state index contributed by atoms with van der Waals surface area (Å²) in [7, 11) is 3.29. The lowest BCUT2D eigenvalue weighted by Gasteiger charge is -2.17. The van der Waals surface area contributed by atoms with Gasteiger partial charge in [0.25, 0.3) is 5.91 Å². The Kier molecular flexibility index (Phi) is 8.44. The summed E-state index contributed by atoms with van der Waals surface area (Å²) in [5.74, 6) is -0.107. The Morgan fingerprint density at radius 3 is 1.90 bits per heavy atom. The van der Waals surface area contributed by atoms with E-state index in [1.165, 1.54) is 0 Å². The molecule has 0 aliphatic carbocycles. The molecule has 206 valence electrons. The van der Waals surface area contributed by atoms with Crippen LogP contribution in [0.3, 0.4) is 0 Å². The molecule has 1 N–H and O–H groups in total. The maximum Gasteiger partial charge on any atom is 0.251 e. The van der Waals surface area contributed by atoms with Crippen molar-refractivity contribution in [2.24, 2.45) is 0 Å². The van der Waals surface area contributed by atoms with Crippen molar-refractivity contribution in [3.05, 3.63) is 138 Å². The van der Waals surface area contributed by atoms with E-state index in [-0.39, 0.29) is 5.91 Å². The number of carbonyl (C=O) groups excluding carboxylic acids is 2. The van der Waals surface area contributed by atoms with Crippen molar-refractivity contribution < 1.29 is 9.59 Å². The zero-order valence-corrected chi connectivity index (χ0v) is 24.1. The first-order valence-electron chi connectivity index (χ1n) is 13.4. The van der Waals surface area contributed by atoms with E-state index in [1.807, 2.05) is 85.2 Å². The second kappa shape index (κ2) is 12.9. The van der Waals surface area contributed by atoms with E-state index in [9.17, 15) is 9.59 Å². The molecule has 0 bridgehead atoms. The molecule has 2 amide bonds. The van der Waals surface area contributed by atoms with Crippen LogP contribution in [-0.4, -0.2) is 22.3 Å². The molecule has 0 aliphatic rings. The highest BCUT2D eigenvalue weighted by Crippen LogP contribution is 2.42. The second-order valence-corrected chi connectivity index (χ2v) is 11.8. The Hall–Kier alpha value is -4.66. The number of aromatic nitrogens is 2. The van der Waals surface area contributed by atoms with Gasteiger partial charge in [0.15, 0.2) is 0 Å². The molecule has 0 fully saturated rings. The summed E-state index contributed by atoms with van der Waals surface area (Å²) >= 11 is 0. The fourth-order valence-corrected chi connectivity index (χ4v) is 6.94. The fourth-order valence-electron chi connectivity index (χ4n) is 4.64. The Morgan fingerprint density at radius 2 is 1.29 bits per heavy atom. The Bertz CT molecular complexity index is 1870. The highest BCUT2D eigenvalue weighted by atomic mass is 33.1. The maximum absolute atomic E-state index is 12.4. The molecule has 0 unspecified atom stereocenters. The topological polar surface area (TPSA) is 75.2 Å². The van der Waals surface area contributed by atoms with Gasteiger partial charge < -0.3 is 10.2 Å². The van der Waals surface area contributed by atoms with Crippen LogP contribution in [0.25, 0.3) is 21.8 Å². The van der Waals surface area contributed by atoms with Crippen LogP contribution in [0.1, 0.15) is 21.5 Å². The van der Waals surface area contributed by atoms with Gasteiger partial charge in [-0.25, -0.2) is 0 Å². The van der Waals surface area contributed by atoms with Crippen molar-refractivity contribution in [3.8, 4) is 0 Å². The number of amides is 2. The van der Waals surface area contributed by atoms with Gasteiger partial charge in [0, 0.05) is 50.8 Å². The minimum atomic E-state index is -0.107. The maximum atomic E-state index is 12.4. The SMILES string of the molecule is O=CN(Cc1cnc2c(SSc3cccc4cc(CNC(=O)c5ccccc5)cnc34)cccc2c1)c1ccccc1. The van der Waals surface area contributed by atoms with Gasteiger partial charge in [0.1, 0.15) is 0 Å². The second-order valence-electron chi connectivity index (χ2n) is 9.63. The first-order valence-corrected chi connectivity index (χ1v) is 15.5. The number of nitrogens with zero attached hydrogens (tertiary/aromatic N) is 3. The average molecular weight is 587 g/mol. The van der Waals surface area contributed by atoms with Crippen molar-refractivity contribution >= 4 is 61.4 Å². The van der Waals surface area contributed by atoms with Crippen molar-refractivity contribution in [1.29, 1.82) is 0 Å². The minimum absolute atomic E-state index is 0.107. The number of pyridine rings is 2. The van der Waals surface area contributed by atoms with Gasteiger partial charge in [0.2, 0.25) is 6.41 Å². The van der Waals surface area contributed by atoms with E-state index in [4.69, 9.17) is 9.97 Å². The van der Waals surface area contributed by atoms with Crippen molar-refractivity contribution in [1.82, 2.24) is 15.3 Å². The van der Waals surface area contributed by atoms with Gasteiger partial charge in [-0.3, -0.25) is 19.6 Å². The molecule has 0 saturated carbocycles. The number of carbonyl (C=O) groups is 2. The van der Waals surface area contributed by atoms with Crippen LogP contribution in [-0.2, 0) is 17.9 Å². The van der Waals surface area contributed by atoms with Crippen LogP contribution >= 0.6 is 21.6 Å². The summed E-state index contributed by atoms with van der Waals surface area (Å²) in [5, 5.41) is 5.01. The lowest BCUT2D eigenvalue weighted by Crippen LogP contribution is -2.22. The fraction of sp³-hybridized carbons (Fsp3) is 0.0588. The van der Waals surface area contributed by atoms with Crippen LogP contribution < -0.4 is 10.2 Å². The number of fused-ring (bicyclic) bond motifs is 2. The normalized spacial score (nSPS) is 11.0. The Labute approximate surface area is 251 Å². The van der Waals surface area contributed by atoms with Crippen molar-refractivity contribution in [3.63, 3.8) is 0 Å². The molecule has 4 aromatic carbocycles. The summed E-state index contributed by atoms with van der Waals surface area (Å²) in [6.07, 6.45) is 4.51. The molecule has 0 atom stereocenters. The number of para-hydroxylation sites is 3. The predicted octanol–water partition coefficient (Wildman–Crippen LogP) is 7.68. The highest BCUT2D eigenvalue weighted by Gasteiger charge is 2.12. The van der Waals surface area contributed by atoms with E-state index in [2.05, 4.69) is 29.6 Å². The zero-order valence-electron chi connectivity index (χ0n) is 22.5. The van der Waals surface area contributed by atoms with Crippen LogP contribution in [0.5, 0.6) is 0 Å². The van der Waals surface area contributed by atoms with Crippen LogP contribution in [0.15, 0.2) is 131 Å². The van der Waals surface area contributed by atoms with Gasteiger partial charge in [-0.15, -0.1) is 0 Å². The van der Waals surface area contributed by atoms with Gasteiger partial charge in [-0.05, 0) is 59.7 Å². The number of rotatable bonds is 10. The van der Waals surface area contributed by atoms with E-state index >= 15 is 0 Å². The van der Waals surface area contributed by atoms with Gasteiger partial charge >= 0.3 is 0 Å². The monoisotopic (exact) mass is 586 g/mol. The van der Waals surface area contributed by atoms with Gasteiger partial charge in [-0.2, -0.15) is 0 Å². The molecule has 0 radical (unpaired) electrons. The summed E-state index contributed by atoms with van der Waals surface area (Å²) in [6.45, 7) is 0.852. The van der Waals surface area contributed by atoms with Gasteiger partial charge in [0.05, 0.1) is 17.6 Å². The molecule has 8 heteroatoms. The van der Waals surface area contributed by atoms with E-state index < -0.39 is 0 Å². The van der Waals surface area contributed by atoms with Gasteiger partial charge in [-0.1, -0.05) is 82.3 Å². The van der Waals surface area contributed by atoms with Crippen LogP contribution in [0.2, 0.25) is 0 Å². The van der Waals surface area contributed by atoms with E-state index in [0.29, 0.717) is 18.7 Å². The molecule has 0 aliphatic heterocycles. The molecular formula is C34H26N4O2S2. The summed E-state index contributed by atoms with van der Waals surface area (Å²) in [5.41, 5.74) is 5.22. The first-order chi connectivity index (χ1) is 20.7. The lowest BCUT2D eigenvalue weighted by molar-refractivity contribution is -0.107. The lowest BCUT2D eigenvalue weighted by atomic mass is 10.1. The molecule has 6 rings (SSSR count). The number of hydrogen-bond acceptors (Lipinski definition) is 6. The number of benzene rings is 4. The highest BCUT2D eigenvalue weighted by molar-refractivity contribution is 8.76. The molecule has 6 aromatic rings. The minimum Gasteiger partial charge on any atom is -0.348 e. The molecule has 0 spiro atoms. The summed E-state index contributed by atoms with van der Waals surface area (Å²) < 4.78 is 0. The molecule has 42 heavy (non-hydrogen) atoms. The number of nitrogens with one attached hydrogen (secondary N) is 1. The third-order valence-electron chi connectivity index (χ3n) is 6.74. The summed E-state index contributed by atoms with van der Waals surface area (Å²) in [4.78, 5) is 37.5. The average Bonchev–Trinajstić information content (AvgIpc) is 3.05. The molecular weight excluding hydrogens is 561 g/mol. The molecule has 2 aromatic heterocycles. The van der Waals surface area contributed by atoms with Crippen LogP contribution in [0, 0.1) is 0 Å². The first kappa shape index (κ1) is 27.5. The number of hydrogen-bond donors (Lipinski definition) is 1. The van der Waals surface area contributed by atoms with Crippen molar-refractivity contribution in [2.45, 2.75) is 22.9 Å². The zero-order chi connectivity index (χ0) is 28.7.